The topological polar surface area (TPSA) is 107 Å². The van der Waals surface area contributed by atoms with Gasteiger partial charge in [0.05, 0.1) is 13.2 Å². The Bertz CT molecular complexity index is 386. The van der Waals surface area contributed by atoms with E-state index in [2.05, 4.69) is 0 Å². The summed E-state index contributed by atoms with van der Waals surface area (Å²) in [7, 11) is -1.08. The van der Waals surface area contributed by atoms with Gasteiger partial charge in [-0.15, -0.1) is 0 Å². The number of carbonyl (C=O) groups excluding carboxylic acids is 3. The third kappa shape index (κ3) is 7.86. The first-order valence-corrected chi connectivity index (χ1v) is 9.22. The molecule has 0 rings (SSSR count). The van der Waals surface area contributed by atoms with Crippen molar-refractivity contribution < 1.29 is 41.9 Å². The van der Waals surface area contributed by atoms with E-state index in [1.807, 2.05) is 0 Å². The van der Waals surface area contributed by atoms with Crippen molar-refractivity contribution in [2.75, 3.05) is 27.4 Å². The SMILES string of the molecule is CCC(OCC(COC)OC)[Si](OC(C)=O)(OC(C)=O)OC(C)=O. The van der Waals surface area contributed by atoms with Crippen LogP contribution >= 0.6 is 0 Å². The Morgan fingerprint density at radius 1 is 0.875 bits per heavy atom. The van der Waals surface area contributed by atoms with Crippen LogP contribution < -0.4 is 0 Å². The van der Waals surface area contributed by atoms with Crippen molar-refractivity contribution in [2.24, 2.45) is 0 Å². The fourth-order valence-electron chi connectivity index (χ4n) is 1.92. The Morgan fingerprint density at radius 3 is 1.62 bits per heavy atom. The maximum atomic E-state index is 11.5. The van der Waals surface area contributed by atoms with Crippen LogP contribution in [0, 0.1) is 0 Å². The molecule has 0 aliphatic rings. The van der Waals surface area contributed by atoms with Crippen molar-refractivity contribution in [3.8, 4) is 0 Å². The van der Waals surface area contributed by atoms with Gasteiger partial charge in [0.2, 0.25) is 0 Å². The Kier molecular flexibility index (Phi) is 10.4. The molecule has 0 aromatic heterocycles. The fraction of sp³-hybridized carbons (Fsp3) is 0.786. The Morgan fingerprint density at radius 2 is 1.33 bits per heavy atom. The first-order chi connectivity index (χ1) is 11.2. The van der Waals surface area contributed by atoms with Gasteiger partial charge in [-0.2, -0.15) is 0 Å². The van der Waals surface area contributed by atoms with Gasteiger partial charge in [0, 0.05) is 35.0 Å². The standard InChI is InChI=1S/C14H26O9Si/c1-7-14(20-9-13(19-6)8-18-5)24(21-10(2)15,22-11(3)16)23-12(4)17/h13-14H,7-9H2,1-6H3. The molecule has 0 heterocycles. The lowest BCUT2D eigenvalue weighted by molar-refractivity contribution is -0.152. The first-order valence-electron chi connectivity index (χ1n) is 7.42. The van der Waals surface area contributed by atoms with Crippen LogP contribution in [0.5, 0.6) is 0 Å². The molecule has 0 saturated carbocycles. The molecule has 10 heteroatoms. The largest absolute Gasteiger partial charge is 0.735 e. The zero-order valence-corrected chi connectivity index (χ0v) is 16.0. The van der Waals surface area contributed by atoms with Gasteiger partial charge in [-0.1, -0.05) is 6.92 Å². The van der Waals surface area contributed by atoms with Gasteiger partial charge in [-0.25, -0.2) is 0 Å². The van der Waals surface area contributed by atoms with Gasteiger partial charge >= 0.3 is 8.80 Å². The molecule has 0 aliphatic carbocycles. The molecule has 140 valence electrons. The molecule has 0 aromatic carbocycles. The smallest absolute Gasteiger partial charge is 0.454 e. The van der Waals surface area contributed by atoms with E-state index in [-0.39, 0.29) is 25.7 Å². The molecule has 0 N–H and O–H groups in total. The minimum Gasteiger partial charge on any atom is -0.454 e. The van der Waals surface area contributed by atoms with Crippen molar-refractivity contribution in [1.82, 2.24) is 0 Å². The lowest BCUT2D eigenvalue weighted by Crippen LogP contribution is -2.60. The highest BCUT2D eigenvalue weighted by molar-refractivity contribution is 6.66. The van der Waals surface area contributed by atoms with E-state index in [1.165, 1.54) is 14.2 Å². The Balaban J connectivity index is 5.44. The maximum absolute atomic E-state index is 11.5. The minimum atomic E-state index is -4.08. The van der Waals surface area contributed by atoms with Crippen LogP contribution in [-0.2, 0) is 41.9 Å². The van der Waals surface area contributed by atoms with Gasteiger partial charge in [-0.3, -0.25) is 14.4 Å². The molecule has 0 bridgehead atoms. The maximum Gasteiger partial charge on any atom is 0.735 e. The van der Waals surface area contributed by atoms with E-state index in [1.54, 1.807) is 6.92 Å². The monoisotopic (exact) mass is 366 g/mol. The highest BCUT2D eigenvalue weighted by Crippen LogP contribution is 2.22. The molecular weight excluding hydrogens is 340 g/mol. The van der Waals surface area contributed by atoms with E-state index in [0.717, 1.165) is 20.8 Å². The van der Waals surface area contributed by atoms with Crippen molar-refractivity contribution in [3.63, 3.8) is 0 Å². The van der Waals surface area contributed by atoms with Crippen LogP contribution in [0.25, 0.3) is 0 Å². The third-order valence-corrected chi connectivity index (χ3v) is 5.87. The van der Waals surface area contributed by atoms with E-state index in [9.17, 15) is 14.4 Å². The zero-order chi connectivity index (χ0) is 18.8. The van der Waals surface area contributed by atoms with Gasteiger partial charge in [0.1, 0.15) is 6.10 Å². The summed E-state index contributed by atoms with van der Waals surface area (Å²) in [6.45, 7) is 5.46. The predicted molar refractivity (Wildman–Crippen MR) is 83.8 cm³/mol. The van der Waals surface area contributed by atoms with E-state index in [4.69, 9.17) is 27.5 Å². The fourth-order valence-corrected chi connectivity index (χ4v) is 4.45. The molecule has 0 saturated heterocycles. The number of rotatable bonds is 11. The van der Waals surface area contributed by atoms with Gasteiger partial charge in [-0.05, 0) is 6.42 Å². The second-order valence-electron chi connectivity index (χ2n) is 4.93. The van der Waals surface area contributed by atoms with Crippen molar-refractivity contribution >= 4 is 26.7 Å². The number of hydrogen-bond donors (Lipinski definition) is 0. The molecular formula is C14H26O9Si. The zero-order valence-electron chi connectivity index (χ0n) is 15.0. The first kappa shape index (κ1) is 22.5. The molecule has 0 amide bonds. The number of carbonyl (C=O) groups is 3. The Labute approximate surface area is 142 Å². The van der Waals surface area contributed by atoms with Crippen LogP contribution in [0.3, 0.4) is 0 Å². The lowest BCUT2D eigenvalue weighted by Gasteiger charge is -2.32. The summed E-state index contributed by atoms with van der Waals surface area (Å²) in [5.74, 6) is -2.23. The number of ether oxygens (including phenoxy) is 3. The second-order valence-corrected chi connectivity index (χ2v) is 7.39. The summed E-state index contributed by atoms with van der Waals surface area (Å²) in [5, 5.41) is 0. The highest BCUT2D eigenvalue weighted by atomic mass is 28.4. The van der Waals surface area contributed by atoms with E-state index in [0.29, 0.717) is 0 Å². The van der Waals surface area contributed by atoms with Crippen LogP contribution in [0.2, 0.25) is 0 Å². The van der Waals surface area contributed by atoms with Gasteiger partial charge < -0.3 is 27.5 Å². The molecule has 0 aliphatic heterocycles. The minimum absolute atomic E-state index is 0.0708. The molecule has 0 spiro atoms. The van der Waals surface area contributed by atoms with Crippen molar-refractivity contribution in [3.05, 3.63) is 0 Å². The molecule has 2 atom stereocenters. The summed E-state index contributed by atoms with van der Waals surface area (Å²) in [5.41, 5.74) is -0.913. The summed E-state index contributed by atoms with van der Waals surface area (Å²) in [6, 6.07) is 0. The quantitative estimate of drug-likeness (QED) is 0.486. The molecule has 2 unspecified atom stereocenters. The van der Waals surface area contributed by atoms with Gasteiger partial charge in [0.15, 0.2) is 5.73 Å². The second kappa shape index (κ2) is 11.1. The summed E-state index contributed by atoms with van der Waals surface area (Å²) < 4.78 is 31.3. The summed E-state index contributed by atoms with van der Waals surface area (Å²) >= 11 is 0. The average molecular weight is 366 g/mol. The molecule has 0 fully saturated rings. The molecule has 9 nitrogen and oxygen atoms in total. The molecule has 0 radical (unpaired) electrons. The molecule has 24 heavy (non-hydrogen) atoms. The Hall–Kier alpha value is -1.49. The lowest BCUT2D eigenvalue weighted by atomic mass is 10.4. The third-order valence-electron chi connectivity index (χ3n) is 2.79. The predicted octanol–water partition coefficient (Wildman–Crippen LogP) is 0.610. The van der Waals surface area contributed by atoms with E-state index >= 15 is 0 Å². The highest BCUT2D eigenvalue weighted by Gasteiger charge is 2.60. The van der Waals surface area contributed by atoms with Crippen molar-refractivity contribution in [2.45, 2.75) is 45.9 Å². The van der Waals surface area contributed by atoms with Crippen LogP contribution in [0.15, 0.2) is 0 Å². The number of hydrogen-bond acceptors (Lipinski definition) is 9. The van der Waals surface area contributed by atoms with Crippen LogP contribution in [0.1, 0.15) is 34.1 Å². The summed E-state index contributed by atoms with van der Waals surface area (Å²) in [6.07, 6.45) is -0.105. The summed E-state index contributed by atoms with van der Waals surface area (Å²) in [4.78, 5) is 34.4. The van der Waals surface area contributed by atoms with E-state index < -0.39 is 32.4 Å². The van der Waals surface area contributed by atoms with Crippen LogP contribution in [0.4, 0.5) is 0 Å². The van der Waals surface area contributed by atoms with Gasteiger partial charge in [0.25, 0.3) is 17.9 Å². The normalized spacial score (nSPS) is 13.8. The van der Waals surface area contributed by atoms with Crippen molar-refractivity contribution in [1.29, 1.82) is 0 Å². The number of methoxy groups -OCH3 is 2. The van der Waals surface area contributed by atoms with Crippen LogP contribution in [-0.4, -0.2) is 66.0 Å². The average Bonchev–Trinajstić information content (AvgIpc) is 2.44. The molecule has 0 aromatic rings.